The molecule has 0 aromatic carbocycles. The van der Waals surface area contributed by atoms with E-state index in [4.69, 9.17) is 0 Å². The summed E-state index contributed by atoms with van der Waals surface area (Å²) in [7, 11) is 0. The molecule has 0 spiro atoms. The molecule has 0 N–H and O–H groups in total. The third-order valence-corrected chi connectivity index (χ3v) is 4.91. The Kier molecular flexibility index (Phi) is 6.45. The van der Waals surface area contributed by atoms with E-state index in [1.54, 1.807) is 5.57 Å². The van der Waals surface area contributed by atoms with E-state index in [-0.39, 0.29) is 10.8 Å². The van der Waals surface area contributed by atoms with Gasteiger partial charge in [-0.25, -0.2) is 0 Å². The highest BCUT2D eigenvalue weighted by Gasteiger charge is 2.42. The second-order valence-corrected chi connectivity index (χ2v) is 7.15. The van der Waals surface area contributed by atoms with Crippen molar-refractivity contribution in [1.29, 1.82) is 0 Å². The van der Waals surface area contributed by atoms with Gasteiger partial charge in [-0.1, -0.05) is 88.0 Å². The maximum atomic E-state index is 2.42. The summed E-state index contributed by atoms with van der Waals surface area (Å²) >= 11 is 0. The quantitative estimate of drug-likeness (QED) is 0.392. The first-order valence-corrected chi connectivity index (χ1v) is 8.14. The van der Waals surface area contributed by atoms with Crippen LogP contribution in [-0.2, 0) is 0 Å². The van der Waals surface area contributed by atoms with E-state index in [0.717, 1.165) is 12.8 Å². The molecule has 0 heterocycles. The third-order valence-electron chi connectivity index (χ3n) is 4.91. The molecule has 1 rings (SSSR count). The van der Waals surface area contributed by atoms with Crippen molar-refractivity contribution in [2.75, 3.05) is 0 Å². The van der Waals surface area contributed by atoms with E-state index in [9.17, 15) is 0 Å². The summed E-state index contributed by atoms with van der Waals surface area (Å²) in [6.07, 6.45) is 22.3. The first-order valence-electron chi connectivity index (χ1n) is 8.14. The molecule has 1 aliphatic carbocycles. The van der Waals surface area contributed by atoms with E-state index in [0.29, 0.717) is 5.92 Å². The molecule has 0 amide bonds. The summed E-state index contributed by atoms with van der Waals surface area (Å²) in [4.78, 5) is 0. The number of hydrogen-bond acceptors (Lipinski definition) is 0. The predicted octanol–water partition coefficient (Wildman–Crippen LogP) is 6.64. The highest BCUT2D eigenvalue weighted by Crippen LogP contribution is 2.51. The molecular weight excluding hydrogens is 252 g/mol. The van der Waals surface area contributed by atoms with Crippen molar-refractivity contribution in [3.63, 3.8) is 0 Å². The van der Waals surface area contributed by atoms with Gasteiger partial charge in [0.1, 0.15) is 0 Å². The molecule has 2 atom stereocenters. The number of allylic oxidation sites excluding steroid dienone is 10. The molecule has 0 nitrogen and oxygen atoms in total. The summed E-state index contributed by atoms with van der Waals surface area (Å²) in [5.41, 5.74) is 1.96. The maximum absolute atomic E-state index is 2.42. The summed E-state index contributed by atoms with van der Waals surface area (Å²) in [5, 5.41) is 0. The SMILES string of the molecule is CC=CC(C)(C1CC=CC=C1C/C=C\C=C/C)C(C)(C)C. The van der Waals surface area contributed by atoms with Crippen molar-refractivity contribution in [1.82, 2.24) is 0 Å². The van der Waals surface area contributed by atoms with Crippen LogP contribution in [0.5, 0.6) is 0 Å². The number of rotatable bonds is 5. The van der Waals surface area contributed by atoms with Crippen LogP contribution in [0.15, 0.2) is 60.3 Å². The van der Waals surface area contributed by atoms with E-state index in [1.165, 1.54) is 0 Å². The molecule has 0 radical (unpaired) electrons. The Morgan fingerprint density at radius 2 is 1.81 bits per heavy atom. The topological polar surface area (TPSA) is 0 Å². The van der Waals surface area contributed by atoms with Crippen LogP contribution in [0, 0.1) is 16.7 Å². The van der Waals surface area contributed by atoms with Crippen molar-refractivity contribution in [3.8, 4) is 0 Å². The molecular formula is C21H32. The Bertz CT molecular complexity index is 463. The third kappa shape index (κ3) is 4.33. The van der Waals surface area contributed by atoms with E-state index in [1.807, 2.05) is 0 Å². The first-order chi connectivity index (χ1) is 9.86. The molecule has 0 fully saturated rings. The molecule has 0 aliphatic heterocycles. The standard InChI is InChI=1S/C21H32/c1-7-9-10-11-14-18-15-12-13-16-19(18)21(6,17-8-2)20(3,4)5/h7-13,15,17,19H,14,16H2,1-6H3/b9-7-,11-10-,17-8?. The fraction of sp³-hybridized carbons (Fsp3) is 0.524. The second-order valence-electron chi connectivity index (χ2n) is 7.15. The minimum Gasteiger partial charge on any atom is -0.0911 e. The zero-order chi connectivity index (χ0) is 15.9. The van der Waals surface area contributed by atoms with Gasteiger partial charge in [-0.15, -0.1) is 0 Å². The highest BCUT2D eigenvalue weighted by atomic mass is 14.5. The molecule has 21 heavy (non-hydrogen) atoms. The van der Waals surface area contributed by atoms with Crippen molar-refractivity contribution < 1.29 is 0 Å². The van der Waals surface area contributed by atoms with Gasteiger partial charge < -0.3 is 0 Å². The van der Waals surface area contributed by atoms with Crippen LogP contribution in [0.1, 0.15) is 54.4 Å². The van der Waals surface area contributed by atoms with Crippen molar-refractivity contribution >= 4 is 0 Å². The van der Waals surface area contributed by atoms with Gasteiger partial charge in [0.25, 0.3) is 0 Å². The molecule has 0 saturated heterocycles. The van der Waals surface area contributed by atoms with Crippen LogP contribution >= 0.6 is 0 Å². The van der Waals surface area contributed by atoms with Crippen LogP contribution in [0.4, 0.5) is 0 Å². The molecule has 116 valence electrons. The summed E-state index contributed by atoms with van der Waals surface area (Å²) in [6, 6.07) is 0. The minimum atomic E-state index is 0.173. The average molecular weight is 284 g/mol. The molecule has 0 bridgehead atoms. The fourth-order valence-corrected chi connectivity index (χ4v) is 3.14. The van der Waals surface area contributed by atoms with Gasteiger partial charge >= 0.3 is 0 Å². The molecule has 0 heteroatoms. The van der Waals surface area contributed by atoms with Gasteiger partial charge in [0.2, 0.25) is 0 Å². The summed E-state index contributed by atoms with van der Waals surface area (Å²) in [6.45, 7) is 13.7. The summed E-state index contributed by atoms with van der Waals surface area (Å²) in [5.74, 6) is 0.578. The molecule has 0 aromatic heterocycles. The Labute approximate surface area is 132 Å². The monoisotopic (exact) mass is 284 g/mol. The first kappa shape index (κ1) is 17.8. The normalized spacial score (nSPS) is 23.1. The van der Waals surface area contributed by atoms with Crippen LogP contribution in [0.3, 0.4) is 0 Å². The Morgan fingerprint density at radius 1 is 1.10 bits per heavy atom. The number of hydrogen-bond donors (Lipinski definition) is 0. The smallest absolute Gasteiger partial charge is 0.00296 e. The second kappa shape index (κ2) is 7.64. The highest BCUT2D eigenvalue weighted by molar-refractivity contribution is 5.28. The zero-order valence-electron chi connectivity index (χ0n) is 14.7. The van der Waals surface area contributed by atoms with Gasteiger partial charge in [0.05, 0.1) is 0 Å². The maximum Gasteiger partial charge on any atom is -0.00296 e. The van der Waals surface area contributed by atoms with Crippen molar-refractivity contribution in [2.24, 2.45) is 16.7 Å². The Balaban J connectivity index is 3.07. The molecule has 1 aliphatic rings. The van der Waals surface area contributed by atoms with Crippen LogP contribution in [-0.4, -0.2) is 0 Å². The zero-order valence-corrected chi connectivity index (χ0v) is 14.7. The van der Waals surface area contributed by atoms with Gasteiger partial charge in [-0.2, -0.15) is 0 Å². The fourth-order valence-electron chi connectivity index (χ4n) is 3.14. The van der Waals surface area contributed by atoms with Crippen molar-refractivity contribution in [2.45, 2.75) is 54.4 Å². The van der Waals surface area contributed by atoms with E-state index < -0.39 is 0 Å². The Hall–Kier alpha value is -1.30. The lowest BCUT2D eigenvalue weighted by Crippen LogP contribution is -2.39. The summed E-state index contributed by atoms with van der Waals surface area (Å²) < 4.78 is 0. The van der Waals surface area contributed by atoms with Crippen LogP contribution in [0.2, 0.25) is 0 Å². The van der Waals surface area contributed by atoms with Crippen LogP contribution in [0.25, 0.3) is 0 Å². The largest absolute Gasteiger partial charge is 0.0911 e. The molecule has 0 saturated carbocycles. The van der Waals surface area contributed by atoms with Gasteiger partial charge in [-0.05, 0) is 43.4 Å². The lowest BCUT2D eigenvalue weighted by molar-refractivity contribution is 0.106. The van der Waals surface area contributed by atoms with Crippen molar-refractivity contribution in [3.05, 3.63) is 60.3 Å². The van der Waals surface area contributed by atoms with Gasteiger partial charge in [-0.3, -0.25) is 0 Å². The van der Waals surface area contributed by atoms with Gasteiger partial charge in [0.15, 0.2) is 0 Å². The molecule has 2 unspecified atom stereocenters. The van der Waals surface area contributed by atoms with Gasteiger partial charge in [0, 0.05) is 0 Å². The lowest BCUT2D eigenvalue weighted by Gasteiger charge is -2.47. The lowest BCUT2D eigenvalue weighted by atomic mass is 9.57. The van der Waals surface area contributed by atoms with E-state index in [2.05, 4.69) is 96.2 Å². The average Bonchev–Trinajstić information content (AvgIpc) is 2.43. The Morgan fingerprint density at radius 3 is 2.38 bits per heavy atom. The van der Waals surface area contributed by atoms with Crippen LogP contribution < -0.4 is 0 Å². The molecule has 0 aromatic rings. The van der Waals surface area contributed by atoms with E-state index >= 15 is 0 Å². The minimum absolute atomic E-state index is 0.173. The predicted molar refractivity (Wildman–Crippen MR) is 96.3 cm³/mol.